The first-order valence-electron chi connectivity index (χ1n) is 8.86. The first-order valence-corrected chi connectivity index (χ1v) is 8.86. The van der Waals surface area contributed by atoms with Gasteiger partial charge in [-0.25, -0.2) is 9.97 Å². The number of hydrogen-bond donors (Lipinski definition) is 3. The summed E-state index contributed by atoms with van der Waals surface area (Å²) in [5.41, 5.74) is 10.4. The maximum absolute atomic E-state index is 12.4. The molecule has 1 amide bonds. The fourth-order valence-corrected chi connectivity index (χ4v) is 2.64. The number of nitrogens with zero attached hydrogens (tertiary/aromatic N) is 2. The highest BCUT2D eigenvalue weighted by Gasteiger charge is 2.11. The Morgan fingerprint density at radius 3 is 2.43 bits per heavy atom. The normalized spacial score (nSPS) is 10.4. The number of benzene rings is 2. The van der Waals surface area contributed by atoms with Gasteiger partial charge < -0.3 is 16.2 Å². The van der Waals surface area contributed by atoms with Crippen LogP contribution in [0.25, 0.3) is 17.3 Å². The first-order chi connectivity index (χ1) is 13.4. The average Bonchev–Trinajstić information content (AvgIpc) is 2.65. The number of allylic oxidation sites excluding steroid dienone is 1. The van der Waals surface area contributed by atoms with Crippen molar-refractivity contribution in [1.82, 2.24) is 9.97 Å². The Hall–Kier alpha value is -3.67. The van der Waals surface area contributed by atoms with Gasteiger partial charge in [-0.1, -0.05) is 29.8 Å². The van der Waals surface area contributed by atoms with Crippen LogP contribution in [-0.2, 0) is 11.2 Å². The van der Waals surface area contributed by atoms with Crippen molar-refractivity contribution in [2.45, 2.75) is 20.3 Å². The van der Waals surface area contributed by atoms with E-state index in [1.54, 1.807) is 30.5 Å². The number of anilines is 2. The Morgan fingerprint density at radius 2 is 1.79 bits per heavy atom. The van der Waals surface area contributed by atoms with Crippen molar-refractivity contribution in [2.75, 3.05) is 11.1 Å². The van der Waals surface area contributed by atoms with E-state index in [4.69, 9.17) is 5.73 Å². The lowest BCUT2D eigenvalue weighted by atomic mass is 10.1. The lowest BCUT2D eigenvalue weighted by Crippen LogP contribution is -2.16. The number of amides is 1. The van der Waals surface area contributed by atoms with Gasteiger partial charge in [-0.15, -0.1) is 0 Å². The van der Waals surface area contributed by atoms with Crippen LogP contribution >= 0.6 is 0 Å². The van der Waals surface area contributed by atoms with E-state index in [1.165, 1.54) is 0 Å². The smallest absolute Gasteiger partial charge is 0.230 e. The minimum atomic E-state index is -0.205. The van der Waals surface area contributed by atoms with Gasteiger partial charge in [0.2, 0.25) is 5.91 Å². The predicted molar refractivity (Wildman–Crippen MR) is 112 cm³/mol. The van der Waals surface area contributed by atoms with Gasteiger partial charge in [0.05, 0.1) is 18.3 Å². The van der Waals surface area contributed by atoms with Gasteiger partial charge in [-0.05, 0) is 49.8 Å². The number of nitrogens with two attached hydrogens (primary N) is 1. The summed E-state index contributed by atoms with van der Waals surface area (Å²) in [5.74, 6) is 0.368. The van der Waals surface area contributed by atoms with E-state index in [0.717, 1.165) is 16.7 Å². The molecule has 1 heterocycles. The van der Waals surface area contributed by atoms with Crippen molar-refractivity contribution in [3.8, 4) is 17.0 Å². The molecule has 0 radical (unpaired) electrons. The van der Waals surface area contributed by atoms with Gasteiger partial charge in [0.25, 0.3) is 0 Å². The van der Waals surface area contributed by atoms with Crippen LogP contribution in [0.2, 0.25) is 0 Å². The molecular weight excluding hydrogens is 352 g/mol. The summed E-state index contributed by atoms with van der Waals surface area (Å²) in [6.07, 6.45) is 3.68. The summed E-state index contributed by atoms with van der Waals surface area (Å²) < 4.78 is 0. The molecule has 3 rings (SSSR count). The third-order valence-electron chi connectivity index (χ3n) is 3.99. The van der Waals surface area contributed by atoms with Crippen LogP contribution in [0.15, 0.2) is 60.3 Å². The van der Waals surface area contributed by atoms with Crippen LogP contribution in [0, 0.1) is 0 Å². The number of hydrogen-bond acceptors (Lipinski definition) is 5. The van der Waals surface area contributed by atoms with Crippen LogP contribution in [0.3, 0.4) is 0 Å². The number of phenols is 1. The highest BCUT2D eigenvalue weighted by molar-refractivity contribution is 5.93. The summed E-state index contributed by atoms with van der Waals surface area (Å²) in [5, 5.41) is 12.2. The van der Waals surface area contributed by atoms with E-state index in [0.29, 0.717) is 22.9 Å². The van der Waals surface area contributed by atoms with E-state index in [1.807, 2.05) is 44.2 Å². The minimum absolute atomic E-state index is 0.166. The van der Waals surface area contributed by atoms with E-state index in [-0.39, 0.29) is 18.1 Å². The Balaban J connectivity index is 1.85. The van der Waals surface area contributed by atoms with E-state index >= 15 is 0 Å². The molecule has 3 aromatic rings. The molecule has 4 N–H and O–H groups in total. The zero-order valence-electron chi connectivity index (χ0n) is 15.8. The average molecular weight is 374 g/mol. The Kier molecular flexibility index (Phi) is 5.69. The SMILES string of the molecule is CC(C)=Cc1nc(-c2ccc(N)cc2)cnc1NC(=O)Cc1ccc(O)cc1. The Bertz CT molecular complexity index is 1010. The number of nitrogens with one attached hydrogen (secondary N) is 1. The molecule has 6 heteroatoms. The lowest BCUT2D eigenvalue weighted by Gasteiger charge is -2.10. The highest BCUT2D eigenvalue weighted by atomic mass is 16.3. The summed E-state index contributed by atoms with van der Waals surface area (Å²) in [6, 6.07) is 13.9. The van der Waals surface area contributed by atoms with Crippen LogP contribution in [0.4, 0.5) is 11.5 Å². The molecule has 2 aromatic carbocycles. The van der Waals surface area contributed by atoms with E-state index in [2.05, 4.69) is 15.3 Å². The zero-order chi connectivity index (χ0) is 20.1. The third kappa shape index (κ3) is 4.94. The first kappa shape index (κ1) is 19.1. The topological polar surface area (TPSA) is 101 Å². The molecule has 0 aliphatic carbocycles. The summed E-state index contributed by atoms with van der Waals surface area (Å²) in [4.78, 5) is 21.5. The van der Waals surface area contributed by atoms with Crippen LogP contribution < -0.4 is 11.1 Å². The van der Waals surface area contributed by atoms with E-state index in [9.17, 15) is 9.90 Å². The summed E-state index contributed by atoms with van der Waals surface area (Å²) >= 11 is 0. The molecule has 0 atom stereocenters. The maximum atomic E-state index is 12.4. The van der Waals surface area contributed by atoms with Gasteiger partial charge in [-0.3, -0.25) is 4.79 Å². The number of nitrogen functional groups attached to an aromatic ring is 1. The van der Waals surface area contributed by atoms with Gasteiger partial charge >= 0.3 is 0 Å². The van der Waals surface area contributed by atoms with Crippen molar-refractivity contribution in [1.29, 1.82) is 0 Å². The molecule has 0 saturated heterocycles. The van der Waals surface area contributed by atoms with Crippen LogP contribution in [-0.4, -0.2) is 21.0 Å². The number of rotatable bonds is 5. The standard InChI is InChI=1S/C22H22N4O2/c1-14(2)11-19-22(26-21(28)12-15-3-9-18(27)10-4-15)24-13-20(25-19)16-5-7-17(23)8-6-16/h3-11,13,27H,12,23H2,1-2H3,(H,24,26,28). The van der Waals surface area contributed by atoms with Crippen molar-refractivity contribution >= 4 is 23.5 Å². The predicted octanol–water partition coefficient (Wildman–Crippen LogP) is 4.04. The molecule has 1 aromatic heterocycles. The van der Waals surface area contributed by atoms with Gasteiger partial charge in [0.15, 0.2) is 5.82 Å². The molecule has 0 fully saturated rings. The number of aromatic nitrogens is 2. The van der Waals surface area contributed by atoms with Crippen molar-refractivity contribution in [2.24, 2.45) is 0 Å². The minimum Gasteiger partial charge on any atom is -0.508 e. The number of carbonyl (C=O) groups excluding carboxylic acids is 1. The van der Waals surface area contributed by atoms with Gasteiger partial charge in [0.1, 0.15) is 11.4 Å². The Morgan fingerprint density at radius 1 is 1.11 bits per heavy atom. The van der Waals surface area contributed by atoms with Crippen molar-refractivity contribution in [3.05, 3.63) is 71.6 Å². The van der Waals surface area contributed by atoms with Gasteiger partial charge in [0, 0.05) is 11.3 Å². The lowest BCUT2D eigenvalue weighted by molar-refractivity contribution is -0.115. The Labute approximate surface area is 163 Å². The van der Waals surface area contributed by atoms with Crippen molar-refractivity contribution < 1.29 is 9.90 Å². The molecule has 0 aliphatic rings. The largest absolute Gasteiger partial charge is 0.508 e. The molecule has 28 heavy (non-hydrogen) atoms. The zero-order valence-corrected chi connectivity index (χ0v) is 15.8. The fraction of sp³-hybridized carbons (Fsp3) is 0.136. The molecule has 142 valence electrons. The monoisotopic (exact) mass is 374 g/mol. The van der Waals surface area contributed by atoms with E-state index < -0.39 is 0 Å². The molecule has 0 bridgehead atoms. The van der Waals surface area contributed by atoms with Gasteiger partial charge in [-0.2, -0.15) is 0 Å². The molecule has 0 aliphatic heterocycles. The third-order valence-corrected chi connectivity index (χ3v) is 3.99. The molecule has 0 saturated carbocycles. The molecular formula is C22H22N4O2. The number of carbonyl (C=O) groups is 1. The fourth-order valence-electron chi connectivity index (χ4n) is 2.64. The van der Waals surface area contributed by atoms with Crippen LogP contribution in [0.5, 0.6) is 5.75 Å². The molecule has 6 nitrogen and oxygen atoms in total. The second-order valence-electron chi connectivity index (χ2n) is 6.72. The second-order valence-corrected chi connectivity index (χ2v) is 6.72. The number of aromatic hydroxyl groups is 1. The molecule has 0 unspecified atom stereocenters. The highest BCUT2D eigenvalue weighted by Crippen LogP contribution is 2.22. The second kappa shape index (κ2) is 8.35. The summed E-state index contributed by atoms with van der Waals surface area (Å²) in [6.45, 7) is 3.92. The quantitative estimate of drug-likeness (QED) is 0.585. The molecule has 0 spiro atoms. The number of phenolic OH excluding ortho intramolecular Hbond substituents is 1. The van der Waals surface area contributed by atoms with Crippen LogP contribution in [0.1, 0.15) is 25.1 Å². The van der Waals surface area contributed by atoms with Crippen molar-refractivity contribution in [3.63, 3.8) is 0 Å². The summed E-state index contributed by atoms with van der Waals surface area (Å²) in [7, 11) is 0. The maximum Gasteiger partial charge on any atom is 0.230 e.